The third kappa shape index (κ3) is 9.21. The van der Waals surface area contributed by atoms with Crippen molar-refractivity contribution in [3.63, 3.8) is 0 Å². The van der Waals surface area contributed by atoms with E-state index in [1.807, 2.05) is 0 Å². The maximum absolute atomic E-state index is 3.27. The lowest BCUT2D eigenvalue weighted by Crippen LogP contribution is -2.06. The molecule has 1 N–H and O–H groups in total. The Kier molecular flexibility index (Phi) is 10.1. The summed E-state index contributed by atoms with van der Waals surface area (Å²) in [6, 6.07) is 0. The Morgan fingerprint density at radius 2 is 1.88 bits per heavy atom. The van der Waals surface area contributed by atoms with Crippen LogP contribution in [0.15, 0.2) is 0 Å². The lowest BCUT2D eigenvalue weighted by molar-refractivity contribution is 0.384. The predicted octanol–water partition coefficient (Wildman–Crippen LogP) is 4.47. The van der Waals surface area contributed by atoms with Crippen molar-refractivity contribution in [2.24, 2.45) is 17.8 Å². The van der Waals surface area contributed by atoms with E-state index >= 15 is 0 Å². The second-order valence-corrected chi connectivity index (χ2v) is 5.74. The van der Waals surface area contributed by atoms with Gasteiger partial charge in [-0.15, -0.1) is 0 Å². The van der Waals surface area contributed by atoms with Crippen molar-refractivity contribution in [3.8, 4) is 0 Å². The molecule has 0 aliphatic carbocycles. The fraction of sp³-hybridized carbons (Fsp3) is 1.00. The van der Waals surface area contributed by atoms with Crippen LogP contribution in [0.25, 0.3) is 0 Å². The van der Waals surface area contributed by atoms with Crippen LogP contribution in [0.1, 0.15) is 66.7 Å². The fourth-order valence-electron chi connectivity index (χ4n) is 2.26. The van der Waals surface area contributed by atoms with E-state index in [1.54, 1.807) is 0 Å². The van der Waals surface area contributed by atoms with Gasteiger partial charge in [-0.05, 0) is 43.7 Å². The summed E-state index contributed by atoms with van der Waals surface area (Å²) in [4.78, 5) is 0. The summed E-state index contributed by atoms with van der Waals surface area (Å²) in [5.41, 5.74) is 0. The van der Waals surface area contributed by atoms with Crippen molar-refractivity contribution in [3.05, 3.63) is 0 Å². The van der Waals surface area contributed by atoms with Gasteiger partial charge in [-0.3, -0.25) is 0 Å². The van der Waals surface area contributed by atoms with Crippen LogP contribution in [0.4, 0.5) is 0 Å². The zero-order chi connectivity index (χ0) is 12.4. The van der Waals surface area contributed by atoms with E-state index < -0.39 is 0 Å². The Hall–Kier alpha value is -0.0400. The van der Waals surface area contributed by atoms with E-state index in [0.29, 0.717) is 0 Å². The van der Waals surface area contributed by atoms with Crippen molar-refractivity contribution in [2.45, 2.75) is 66.7 Å². The molecule has 16 heavy (non-hydrogen) atoms. The van der Waals surface area contributed by atoms with Gasteiger partial charge in [-0.1, -0.05) is 53.9 Å². The van der Waals surface area contributed by atoms with Crippen LogP contribution in [0.5, 0.6) is 0 Å². The fourth-order valence-corrected chi connectivity index (χ4v) is 2.26. The summed E-state index contributed by atoms with van der Waals surface area (Å²) in [7, 11) is 0. The molecule has 3 unspecified atom stereocenters. The molecule has 0 bridgehead atoms. The van der Waals surface area contributed by atoms with Crippen molar-refractivity contribution in [1.29, 1.82) is 0 Å². The van der Waals surface area contributed by atoms with Crippen LogP contribution in [-0.2, 0) is 0 Å². The molecule has 1 heteroatoms. The Bertz CT molecular complexity index is 138. The summed E-state index contributed by atoms with van der Waals surface area (Å²) in [5, 5.41) is 3.27. The van der Waals surface area contributed by atoms with E-state index in [4.69, 9.17) is 0 Å². The first-order valence-electron chi connectivity index (χ1n) is 7.30. The Morgan fingerprint density at radius 1 is 1.19 bits per heavy atom. The average molecular weight is 227 g/mol. The third-order valence-electron chi connectivity index (χ3n) is 3.59. The zero-order valence-corrected chi connectivity index (χ0v) is 12.2. The average Bonchev–Trinajstić information content (AvgIpc) is 2.70. The molecular formula is C15H33N. The Labute approximate surface area is 103 Å². The molecule has 0 aromatic rings. The van der Waals surface area contributed by atoms with Crippen molar-refractivity contribution < 1.29 is 0 Å². The monoisotopic (exact) mass is 227 g/mol. The highest BCUT2D eigenvalue weighted by Gasteiger charge is 2.06. The van der Waals surface area contributed by atoms with E-state index in [9.17, 15) is 0 Å². The molecule has 1 nitrogen and oxygen atoms in total. The Morgan fingerprint density at radius 3 is 2.19 bits per heavy atom. The van der Waals surface area contributed by atoms with Crippen LogP contribution in [0.2, 0.25) is 0 Å². The highest BCUT2D eigenvalue weighted by atomic mass is 14.9. The molecule has 0 radical (unpaired) electrons. The van der Waals surface area contributed by atoms with E-state index in [2.05, 4.69) is 39.9 Å². The summed E-state index contributed by atoms with van der Waals surface area (Å²) < 4.78 is 0. The quantitative estimate of drug-likeness (QED) is 0.730. The van der Waals surface area contributed by atoms with Crippen molar-refractivity contribution in [2.75, 3.05) is 13.1 Å². The minimum atomic E-state index is 0.932. The van der Waals surface area contributed by atoms with Gasteiger partial charge >= 0.3 is 0 Å². The molecule has 3 atom stereocenters. The first kappa shape index (κ1) is 16.0. The van der Waals surface area contributed by atoms with E-state index in [0.717, 1.165) is 17.8 Å². The van der Waals surface area contributed by atoms with Crippen LogP contribution < -0.4 is 5.32 Å². The summed E-state index contributed by atoms with van der Waals surface area (Å²) >= 11 is 0. The van der Waals surface area contributed by atoms with Gasteiger partial charge in [0.25, 0.3) is 0 Å². The topological polar surface area (TPSA) is 12.0 Å². The smallest absolute Gasteiger partial charge is 0.00227 e. The third-order valence-corrected chi connectivity index (χ3v) is 3.59. The van der Waals surface area contributed by atoms with Gasteiger partial charge in [-0.25, -0.2) is 0 Å². The van der Waals surface area contributed by atoms with Gasteiger partial charge in [0.15, 0.2) is 0 Å². The van der Waals surface area contributed by atoms with Gasteiger partial charge in [0, 0.05) is 0 Å². The standard InChI is InChI=1S/C10H22.C5H11N/c1-5-7-10(4)8-9(3)6-2;1-5-2-3-6-4-5/h9-10H,5-8H2,1-4H3;5-6H,2-4H2,1H3. The summed E-state index contributed by atoms with van der Waals surface area (Å²) in [6.45, 7) is 14.0. The van der Waals surface area contributed by atoms with Gasteiger partial charge in [0.05, 0.1) is 0 Å². The second kappa shape index (κ2) is 10.1. The molecule has 0 amide bonds. The molecule has 1 rings (SSSR count). The van der Waals surface area contributed by atoms with Crippen LogP contribution in [0.3, 0.4) is 0 Å². The number of hydrogen-bond acceptors (Lipinski definition) is 1. The Balaban J connectivity index is 0.000000315. The van der Waals surface area contributed by atoms with Gasteiger partial charge in [0.2, 0.25) is 0 Å². The molecular weight excluding hydrogens is 194 g/mol. The molecule has 1 fully saturated rings. The number of nitrogens with one attached hydrogen (secondary N) is 1. The van der Waals surface area contributed by atoms with E-state index in [1.165, 1.54) is 45.2 Å². The maximum Gasteiger partial charge on any atom is -0.00227 e. The minimum absolute atomic E-state index is 0.932. The molecule has 1 heterocycles. The van der Waals surface area contributed by atoms with Crippen molar-refractivity contribution >= 4 is 0 Å². The lowest BCUT2D eigenvalue weighted by Gasteiger charge is -2.14. The molecule has 0 aromatic heterocycles. The number of rotatable bonds is 5. The molecule has 1 aliphatic heterocycles. The minimum Gasteiger partial charge on any atom is -0.316 e. The van der Waals surface area contributed by atoms with Crippen LogP contribution in [-0.4, -0.2) is 13.1 Å². The van der Waals surface area contributed by atoms with E-state index in [-0.39, 0.29) is 0 Å². The van der Waals surface area contributed by atoms with Gasteiger partial charge in [-0.2, -0.15) is 0 Å². The van der Waals surface area contributed by atoms with Gasteiger partial charge < -0.3 is 5.32 Å². The highest BCUT2D eigenvalue weighted by molar-refractivity contribution is 4.65. The van der Waals surface area contributed by atoms with Crippen molar-refractivity contribution in [1.82, 2.24) is 5.32 Å². The van der Waals surface area contributed by atoms with Gasteiger partial charge in [0.1, 0.15) is 0 Å². The summed E-state index contributed by atoms with van der Waals surface area (Å²) in [5.74, 6) is 2.81. The predicted molar refractivity (Wildman–Crippen MR) is 74.8 cm³/mol. The molecule has 0 aromatic carbocycles. The maximum atomic E-state index is 3.27. The molecule has 98 valence electrons. The highest BCUT2D eigenvalue weighted by Crippen LogP contribution is 2.18. The SMILES string of the molecule is CC1CCNC1.CCCC(C)CC(C)CC. The normalized spacial score (nSPS) is 23.4. The first-order valence-corrected chi connectivity index (χ1v) is 7.30. The molecule has 0 spiro atoms. The lowest BCUT2D eigenvalue weighted by atomic mass is 9.92. The zero-order valence-electron chi connectivity index (χ0n) is 12.2. The second-order valence-electron chi connectivity index (χ2n) is 5.74. The van der Waals surface area contributed by atoms with Crippen LogP contribution >= 0.6 is 0 Å². The molecule has 1 saturated heterocycles. The largest absolute Gasteiger partial charge is 0.316 e. The first-order chi connectivity index (χ1) is 7.60. The summed E-state index contributed by atoms with van der Waals surface area (Å²) in [6.07, 6.45) is 6.89. The van der Waals surface area contributed by atoms with Crippen LogP contribution in [0, 0.1) is 17.8 Å². The number of hydrogen-bond donors (Lipinski definition) is 1. The molecule has 0 saturated carbocycles. The molecule has 1 aliphatic rings.